The predicted octanol–water partition coefficient (Wildman–Crippen LogP) is 1.48. The van der Waals surface area contributed by atoms with Crippen LogP contribution in [-0.2, 0) is 4.79 Å². The smallest absolute Gasteiger partial charge is 0.237 e. The lowest BCUT2D eigenvalue weighted by Crippen LogP contribution is -2.51. The fourth-order valence-electron chi connectivity index (χ4n) is 2.90. The maximum absolute atomic E-state index is 12.4. The highest BCUT2D eigenvalue weighted by atomic mass is 16.3. The van der Waals surface area contributed by atoms with Crippen LogP contribution in [0.4, 0.5) is 0 Å². The van der Waals surface area contributed by atoms with Crippen molar-refractivity contribution >= 4 is 5.91 Å². The van der Waals surface area contributed by atoms with E-state index in [0.29, 0.717) is 6.54 Å². The van der Waals surface area contributed by atoms with E-state index in [9.17, 15) is 9.90 Å². The van der Waals surface area contributed by atoms with Crippen LogP contribution in [0.3, 0.4) is 0 Å². The van der Waals surface area contributed by atoms with Gasteiger partial charge in [-0.2, -0.15) is 0 Å². The number of carbonyl (C=O) groups is 1. The van der Waals surface area contributed by atoms with E-state index in [1.807, 2.05) is 4.90 Å². The molecule has 1 aliphatic rings. The average Bonchev–Trinajstić information content (AvgIpc) is 2.28. The van der Waals surface area contributed by atoms with Gasteiger partial charge in [0, 0.05) is 18.1 Å². The summed E-state index contributed by atoms with van der Waals surface area (Å²) in [7, 11) is 0. The molecule has 1 N–H and O–H groups in total. The van der Waals surface area contributed by atoms with Gasteiger partial charge in [0.05, 0.1) is 13.2 Å². The molecule has 0 aromatic rings. The maximum Gasteiger partial charge on any atom is 0.237 e. The van der Waals surface area contributed by atoms with Gasteiger partial charge >= 0.3 is 0 Å². The molecule has 4 heteroatoms. The first-order chi connectivity index (χ1) is 8.47. The van der Waals surface area contributed by atoms with Crippen molar-refractivity contribution in [2.45, 2.75) is 65.1 Å². The van der Waals surface area contributed by atoms with E-state index in [2.05, 4.69) is 32.6 Å². The molecule has 0 bridgehead atoms. The third-order valence-corrected chi connectivity index (χ3v) is 3.70. The molecule has 18 heavy (non-hydrogen) atoms. The Labute approximate surface area is 111 Å². The van der Waals surface area contributed by atoms with Gasteiger partial charge in [-0.1, -0.05) is 6.42 Å². The topological polar surface area (TPSA) is 43.8 Å². The Hall–Kier alpha value is -0.610. The van der Waals surface area contributed by atoms with E-state index in [0.717, 1.165) is 25.8 Å². The standard InChI is InChI=1S/C14H28N2O2/c1-11(2)16(12(3)4)14(18)9-15-8-6-5-7-13(15)10-17/h11-13,17H,5-10H2,1-4H3/t13-/m1/s1. The first-order valence-electron chi connectivity index (χ1n) is 7.13. The molecule has 1 aliphatic heterocycles. The minimum absolute atomic E-state index is 0.163. The summed E-state index contributed by atoms with van der Waals surface area (Å²) in [6.45, 7) is 9.75. The van der Waals surface area contributed by atoms with Gasteiger partial charge in [0.2, 0.25) is 5.91 Å². The van der Waals surface area contributed by atoms with Crippen molar-refractivity contribution in [3.05, 3.63) is 0 Å². The molecule has 1 atom stereocenters. The van der Waals surface area contributed by atoms with Crippen LogP contribution in [0.15, 0.2) is 0 Å². The van der Waals surface area contributed by atoms with E-state index in [4.69, 9.17) is 0 Å². The average molecular weight is 256 g/mol. The molecule has 0 aromatic heterocycles. The second-order valence-corrected chi connectivity index (χ2v) is 5.79. The molecule has 106 valence electrons. The van der Waals surface area contributed by atoms with Crippen LogP contribution in [0, 0.1) is 0 Å². The highest BCUT2D eigenvalue weighted by Crippen LogP contribution is 2.17. The number of amides is 1. The van der Waals surface area contributed by atoms with E-state index in [1.165, 1.54) is 0 Å². The molecule has 0 saturated carbocycles. The van der Waals surface area contributed by atoms with Crippen molar-refractivity contribution in [2.24, 2.45) is 0 Å². The largest absolute Gasteiger partial charge is 0.395 e. The Bertz CT molecular complexity index is 259. The summed E-state index contributed by atoms with van der Waals surface area (Å²) in [6, 6.07) is 0.633. The van der Waals surface area contributed by atoms with Crippen LogP contribution in [0.25, 0.3) is 0 Å². The summed E-state index contributed by atoms with van der Waals surface area (Å²) in [6.07, 6.45) is 3.30. The molecule has 1 rings (SSSR count). The van der Waals surface area contributed by atoms with Crippen LogP contribution in [-0.4, -0.2) is 58.6 Å². The molecule has 0 radical (unpaired) electrons. The van der Waals surface area contributed by atoms with Crippen molar-refractivity contribution in [2.75, 3.05) is 19.7 Å². The molecule has 1 fully saturated rings. The lowest BCUT2D eigenvalue weighted by molar-refractivity contribution is -0.137. The Balaban J connectivity index is 2.61. The fourth-order valence-corrected chi connectivity index (χ4v) is 2.90. The molecular formula is C14H28N2O2. The summed E-state index contributed by atoms with van der Waals surface area (Å²) in [5.41, 5.74) is 0. The predicted molar refractivity (Wildman–Crippen MR) is 73.4 cm³/mol. The third-order valence-electron chi connectivity index (χ3n) is 3.70. The van der Waals surface area contributed by atoms with Crippen LogP contribution >= 0.6 is 0 Å². The first-order valence-corrected chi connectivity index (χ1v) is 7.13. The van der Waals surface area contributed by atoms with E-state index >= 15 is 0 Å². The molecule has 0 spiro atoms. The second-order valence-electron chi connectivity index (χ2n) is 5.79. The van der Waals surface area contributed by atoms with E-state index in [1.54, 1.807) is 0 Å². The molecular weight excluding hydrogens is 228 g/mol. The van der Waals surface area contributed by atoms with Crippen molar-refractivity contribution < 1.29 is 9.90 Å². The van der Waals surface area contributed by atoms with Gasteiger partial charge in [0.15, 0.2) is 0 Å². The van der Waals surface area contributed by atoms with Gasteiger partial charge in [0.1, 0.15) is 0 Å². The Morgan fingerprint density at radius 1 is 1.28 bits per heavy atom. The zero-order valence-corrected chi connectivity index (χ0v) is 12.2. The molecule has 1 heterocycles. The lowest BCUT2D eigenvalue weighted by Gasteiger charge is -2.37. The Morgan fingerprint density at radius 3 is 2.39 bits per heavy atom. The normalized spacial score (nSPS) is 21.6. The summed E-state index contributed by atoms with van der Waals surface area (Å²) in [4.78, 5) is 16.4. The zero-order chi connectivity index (χ0) is 13.7. The minimum atomic E-state index is 0.163. The third kappa shape index (κ3) is 3.95. The maximum atomic E-state index is 12.4. The molecule has 0 aromatic carbocycles. The lowest BCUT2D eigenvalue weighted by atomic mass is 10.0. The molecule has 1 amide bonds. The van der Waals surface area contributed by atoms with Crippen molar-refractivity contribution in [3.63, 3.8) is 0 Å². The first kappa shape index (κ1) is 15.4. The van der Waals surface area contributed by atoms with E-state index < -0.39 is 0 Å². The number of hydrogen-bond donors (Lipinski definition) is 1. The number of nitrogens with zero attached hydrogens (tertiary/aromatic N) is 2. The number of rotatable bonds is 5. The molecule has 1 saturated heterocycles. The van der Waals surface area contributed by atoms with Crippen molar-refractivity contribution in [1.29, 1.82) is 0 Å². The number of hydrogen-bond acceptors (Lipinski definition) is 3. The molecule has 0 unspecified atom stereocenters. The van der Waals surface area contributed by atoms with Gasteiger partial charge in [-0.15, -0.1) is 0 Å². The summed E-state index contributed by atoms with van der Waals surface area (Å²) in [5, 5.41) is 9.36. The van der Waals surface area contributed by atoms with Gasteiger partial charge in [-0.25, -0.2) is 0 Å². The van der Waals surface area contributed by atoms with Gasteiger partial charge < -0.3 is 10.0 Å². The quantitative estimate of drug-likeness (QED) is 0.810. The SMILES string of the molecule is CC(C)N(C(=O)CN1CCCC[C@@H]1CO)C(C)C. The van der Waals surface area contributed by atoms with Gasteiger partial charge in [-0.05, 0) is 47.1 Å². The Kier molecular flexibility index (Phi) is 6.09. The van der Waals surface area contributed by atoms with Crippen molar-refractivity contribution in [3.8, 4) is 0 Å². The van der Waals surface area contributed by atoms with E-state index in [-0.39, 0.29) is 30.6 Å². The number of carbonyl (C=O) groups excluding carboxylic acids is 1. The zero-order valence-electron chi connectivity index (χ0n) is 12.2. The number of piperidine rings is 1. The highest BCUT2D eigenvalue weighted by molar-refractivity contribution is 5.78. The van der Waals surface area contributed by atoms with Crippen LogP contribution < -0.4 is 0 Å². The summed E-state index contributed by atoms with van der Waals surface area (Å²) >= 11 is 0. The van der Waals surface area contributed by atoms with Crippen molar-refractivity contribution in [1.82, 2.24) is 9.80 Å². The highest BCUT2D eigenvalue weighted by Gasteiger charge is 2.27. The summed E-state index contributed by atoms with van der Waals surface area (Å²) < 4.78 is 0. The summed E-state index contributed by atoms with van der Waals surface area (Å²) in [5.74, 6) is 0.181. The van der Waals surface area contributed by atoms with Crippen LogP contribution in [0.5, 0.6) is 0 Å². The van der Waals surface area contributed by atoms with Crippen LogP contribution in [0.2, 0.25) is 0 Å². The molecule has 4 nitrogen and oxygen atoms in total. The number of aliphatic hydroxyl groups excluding tert-OH is 1. The van der Waals surface area contributed by atoms with Crippen LogP contribution in [0.1, 0.15) is 47.0 Å². The number of likely N-dealkylation sites (tertiary alicyclic amines) is 1. The van der Waals surface area contributed by atoms with Gasteiger partial charge in [0.25, 0.3) is 0 Å². The van der Waals surface area contributed by atoms with Gasteiger partial charge in [-0.3, -0.25) is 9.69 Å². The second kappa shape index (κ2) is 7.10. The Morgan fingerprint density at radius 2 is 1.89 bits per heavy atom. The minimum Gasteiger partial charge on any atom is -0.395 e. The number of aliphatic hydroxyl groups is 1. The molecule has 0 aliphatic carbocycles. The monoisotopic (exact) mass is 256 g/mol. The fraction of sp³-hybridized carbons (Fsp3) is 0.929.